The van der Waals surface area contributed by atoms with Gasteiger partial charge in [0, 0.05) is 56.6 Å². The summed E-state index contributed by atoms with van der Waals surface area (Å²) in [5.74, 6) is 0.494. The van der Waals surface area contributed by atoms with E-state index in [1.165, 1.54) is 17.7 Å². The fourth-order valence-electron chi connectivity index (χ4n) is 3.88. The highest BCUT2D eigenvalue weighted by molar-refractivity contribution is 6.05. The Morgan fingerprint density at radius 2 is 1.84 bits per heavy atom. The molecule has 5 nitrogen and oxygen atoms in total. The number of rotatable bonds is 6. The molecule has 0 radical (unpaired) electrons. The standard InChI is InChI=1S/C26H28FN3O2/c1-19-17-30(15-14-28-19)18-20-6-10-23(11-7-20)29(2)26(31)21-8-12-24(13-9-21)32-25-5-3-4-22(27)16-25/h3-13,16,19,28H,14-15,17-18H2,1-2H3/t19-/m0/s1. The summed E-state index contributed by atoms with van der Waals surface area (Å²) in [6.45, 7) is 6.22. The van der Waals surface area contributed by atoms with Gasteiger partial charge in [-0.05, 0) is 61.0 Å². The summed E-state index contributed by atoms with van der Waals surface area (Å²) in [6, 6.07) is 21.5. The molecule has 1 amide bonds. The van der Waals surface area contributed by atoms with E-state index in [4.69, 9.17) is 4.74 Å². The van der Waals surface area contributed by atoms with E-state index < -0.39 is 0 Å². The first-order valence-electron chi connectivity index (χ1n) is 10.8. The molecule has 6 heteroatoms. The summed E-state index contributed by atoms with van der Waals surface area (Å²) >= 11 is 0. The molecule has 3 aromatic rings. The predicted molar refractivity (Wildman–Crippen MR) is 125 cm³/mol. The van der Waals surface area contributed by atoms with Crippen LogP contribution in [0, 0.1) is 5.82 Å². The molecule has 1 aliphatic heterocycles. The average molecular weight is 434 g/mol. The number of carbonyl (C=O) groups is 1. The lowest BCUT2D eigenvalue weighted by Crippen LogP contribution is -2.48. The minimum absolute atomic E-state index is 0.106. The number of anilines is 1. The highest BCUT2D eigenvalue weighted by atomic mass is 19.1. The largest absolute Gasteiger partial charge is 0.457 e. The van der Waals surface area contributed by atoms with E-state index >= 15 is 0 Å². The van der Waals surface area contributed by atoms with Gasteiger partial charge in [-0.25, -0.2) is 4.39 Å². The third kappa shape index (κ3) is 5.52. The number of halogens is 1. The van der Waals surface area contributed by atoms with Crippen LogP contribution in [0.3, 0.4) is 0 Å². The molecular weight excluding hydrogens is 405 g/mol. The molecule has 0 aromatic heterocycles. The Labute approximate surface area is 188 Å². The van der Waals surface area contributed by atoms with E-state index in [1.54, 1.807) is 48.3 Å². The van der Waals surface area contributed by atoms with Gasteiger partial charge in [0.25, 0.3) is 5.91 Å². The third-order valence-corrected chi connectivity index (χ3v) is 5.62. The molecule has 3 aromatic carbocycles. The Hall–Kier alpha value is -3.22. The Balaban J connectivity index is 1.37. The van der Waals surface area contributed by atoms with E-state index in [0.29, 0.717) is 23.1 Å². The van der Waals surface area contributed by atoms with Gasteiger partial charge in [-0.2, -0.15) is 0 Å². The van der Waals surface area contributed by atoms with Crippen molar-refractivity contribution in [2.24, 2.45) is 0 Å². The molecule has 1 aliphatic rings. The van der Waals surface area contributed by atoms with Crippen LogP contribution in [0.1, 0.15) is 22.8 Å². The molecule has 0 spiro atoms. The van der Waals surface area contributed by atoms with Crippen molar-refractivity contribution in [3.8, 4) is 11.5 Å². The molecule has 0 unspecified atom stereocenters. The molecule has 1 saturated heterocycles. The van der Waals surface area contributed by atoms with Crippen LogP contribution in [0.25, 0.3) is 0 Å². The molecule has 32 heavy (non-hydrogen) atoms. The van der Waals surface area contributed by atoms with Gasteiger partial charge in [0.2, 0.25) is 0 Å². The summed E-state index contributed by atoms with van der Waals surface area (Å²) in [5.41, 5.74) is 2.63. The van der Waals surface area contributed by atoms with Gasteiger partial charge in [0.15, 0.2) is 0 Å². The Morgan fingerprint density at radius 3 is 2.53 bits per heavy atom. The fraction of sp³-hybridized carbons (Fsp3) is 0.269. The number of nitrogens with zero attached hydrogens (tertiary/aromatic N) is 2. The van der Waals surface area contributed by atoms with Crippen LogP contribution in [-0.2, 0) is 6.54 Å². The molecule has 1 fully saturated rings. The van der Waals surface area contributed by atoms with Gasteiger partial charge in [-0.3, -0.25) is 9.69 Å². The zero-order valence-electron chi connectivity index (χ0n) is 18.4. The molecule has 1 heterocycles. The second-order valence-electron chi connectivity index (χ2n) is 8.20. The van der Waals surface area contributed by atoms with Gasteiger partial charge in [-0.15, -0.1) is 0 Å². The Kier molecular flexibility index (Phi) is 6.83. The minimum atomic E-state index is -0.357. The van der Waals surface area contributed by atoms with Gasteiger partial charge in [-0.1, -0.05) is 18.2 Å². The second-order valence-corrected chi connectivity index (χ2v) is 8.20. The molecule has 166 valence electrons. The smallest absolute Gasteiger partial charge is 0.258 e. The molecule has 0 saturated carbocycles. The number of piperazine rings is 1. The Bertz CT molecular complexity index is 1050. The lowest BCUT2D eigenvalue weighted by atomic mass is 10.1. The van der Waals surface area contributed by atoms with Crippen LogP contribution < -0.4 is 15.0 Å². The topological polar surface area (TPSA) is 44.8 Å². The van der Waals surface area contributed by atoms with Gasteiger partial charge < -0.3 is 15.0 Å². The van der Waals surface area contributed by atoms with Gasteiger partial charge in [0.05, 0.1) is 0 Å². The quantitative estimate of drug-likeness (QED) is 0.613. The number of nitrogens with one attached hydrogen (secondary N) is 1. The number of amides is 1. The lowest BCUT2D eigenvalue weighted by Gasteiger charge is -2.31. The predicted octanol–water partition coefficient (Wildman–Crippen LogP) is 4.69. The van der Waals surface area contributed by atoms with Crippen LogP contribution in [0.4, 0.5) is 10.1 Å². The van der Waals surface area contributed by atoms with Crippen LogP contribution >= 0.6 is 0 Å². The number of ether oxygens (including phenoxy) is 1. The van der Waals surface area contributed by atoms with Gasteiger partial charge in [0.1, 0.15) is 17.3 Å². The number of hydrogen-bond acceptors (Lipinski definition) is 4. The first-order chi connectivity index (χ1) is 15.5. The minimum Gasteiger partial charge on any atom is -0.457 e. The third-order valence-electron chi connectivity index (χ3n) is 5.62. The summed E-state index contributed by atoms with van der Waals surface area (Å²) < 4.78 is 19.0. The maximum absolute atomic E-state index is 13.3. The first kappa shape index (κ1) is 22.0. The highest BCUT2D eigenvalue weighted by Gasteiger charge is 2.17. The SMILES string of the molecule is C[C@H]1CN(Cc2ccc(N(C)C(=O)c3ccc(Oc4cccc(F)c4)cc3)cc2)CCN1. The van der Waals surface area contributed by atoms with E-state index in [-0.39, 0.29) is 11.7 Å². The summed E-state index contributed by atoms with van der Waals surface area (Å²) in [7, 11) is 1.77. The van der Waals surface area contributed by atoms with Crippen LogP contribution in [0.5, 0.6) is 11.5 Å². The molecule has 0 bridgehead atoms. The zero-order chi connectivity index (χ0) is 22.5. The van der Waals surface area contributed by atoms with E-state index in [1.807, 2.05) is 12.1 Å². The van der Waals surface area contributed by atoms with Crippen LogP contribution in [0.15, 0.2) is 72.8 Å². The molecule has 1 atom stereocenters. The second kappa shape index (κ2) is 9.94. The molecule has 0 aliphatic carbocycles. The summed E-state index contributed by atoms with van der Waals surface area (Å²) in [4.78, 5) is 17.0. The lowest BCUT2D eigenvalue weighted by molar-refractivity contribution is 0.0993. The molecular formula is C26H28FN3O2. The van der Waals surface area contributed by atoms with Crippen LogP contribution in [-0.4, -0.2) is 43.5 Å². The van der Waals surface area contributed by atoms with Crippen LogP contribution in [0.2, 0.25) is 0 Å². The number of benzene rings is 3. The number of carbonyl (C=O) groups excluding carboxylic acids is 1. The monoisotopic (exact) mass is 433 g/mol. The van der Waals surface area contributed by atoms with Crippen molar-refractivity contribution in [3.63, 3.8) is 0 Å². The van der Waals surface area contributed by atoms with E-state index in [0.717, 1.165) is 31.9 Å². The van der Waals surface area contributed by atoms with Crippen molar-refractivity contribution in [1.29, 1.82) is 0 Å². The van der Waals surface area contributed by atoms with Crippen molar-refractivity contribution < 1.29 is 13.9 Å². The van der Waals surface area contributed by atoms with Crippen molar-refractivity contribution in [3.05, 3.63) is 89.7 Å². The molecule has 1 N–H and O–H groups in total. The number of hydrogen-bond donors (Lipinski definition) is 1. The molecule has 4 rings (SSSR count). The Morgan fingerprint density at radius 1 is 1.09 bits per heavy atom. The normalized spacial score (nSPS) is 16.5. The zero-order valence-corrected chi connectivity index (χ0v) is 18.4. The van der Waals surface area contributed by atoms with Crippen molar-refractivity contribution in [1.82, 2.24) is 10.2 Å². The van der Waals surface area contributed by atoms with Crippen molar-refractivity contribution >= 4 is 11.6 Å². The van der Waals surface area contributed by atoms with Crippen molar-refractivity contribution in [2.45, 2.75) is 19.5 Å². The summed E-state index contributed by atoms with van der Waals surface area (Å²) in [6.07, 6.45) is 0. The summed E-state index contributed by atoms with van der Waals surface area (Å²) in [5, 5.41) is 3.46. The van der Waals surface area contributed by atoms with Crippen molar-refractivity contribution in [2.75, 3.05) is 31.6 Å². The maximum Gasteiger partial charge on any atom is 0.258 e. The fourth-order valence-corrected chi connectivity index (χ4v) is 3.88. The van der Waals surface area contributed by atoms with Gasteiger partial charge >= 0.3 is 0 Å². The highest BCUT2D eigenvalue weighted by Crippen LogP contribution is 2.24. The average Bonchev–Trinajstić information content (AvgIpc) is 2.79. The first-order valence-corrected chi connectivity index (χ1v) is 10.8. The van der Waals surface area contributed by atoms with E-state index in [9.17, 15) is 9.18 Å². The van der Waals surface area contributed by atoms with E-state index in [2.05, 4.69) is 29.3 Å². The maximum atomic E-state index is 13.3.